The Balaban J connectivity index is 1.74. The number of rotatable bonds is 3. The van der Waals surface area contributed by atoms with Gasteiger partial charge in [0.15, 0.2) is 0 Å². The molecule has 25 heavy (non-hydrogen) atoms. The molecule has 1 aromatic carbocycles. The minimum Gasteiger partial charge on any atom is -0.396 e. The van der Waals surface area contributed by atoms with Crippen molar-refractivity contribution >= 4 is 11.5 Å². The summed E-state index contributed by atoms with van der Waals surface area (Å²) < 4.78 is 1.93. The van der Waals surface area contributed by atoms with Gasteiger partial charge in [0.2, 0.25) is 5.78 Å². The molecular formula is C18H18N4O3. The number of nitro groups is 1. The van der Waals surface area contributed by atoms with Crippen LogP contribution in [-0.4, -0.2) is 33.8 Å². The molecule has 2 N–H and O–H groups in total. The van der Waals surface area contributed by atoms with E-state index in [4.69, 9.17) is 5.73 Å². The molecule has 0 radical (unpaired) electrons. The van der Waals surface area contributed by atoms with Gasteiger partial charge >= 0.3 is 0 Å². The van der Waals surface area contributed by atoms with Crippen molar-refractivity contribution in [1.29, 1.82) is 0 Å². The van der Waals surface area contributed by atoms with E-state index in [1.807, 2.05) is 23.9 Å². The van der Waals surface area contributed by atoms with Crippen LogP contribution in [0.1, 0.15) is 33.2 Å². The Kier molecular flexibility index (Phi) is 3.47. The van der Waals surface area contributed by atoms with E-state index in [9.17, 15) is 14.9 Å². The predicted octanol–water partition coefficient (Wildman–Crippen LogP) is 2.01. The first-order valence-corrected chi connectivity index (χ1v) is 8.13. The maximum Gasteiger partial charge on any atom is 0.269 e. The smallest absolute Gasteiger partial charge is 0.269 e. The van der Waals surface area contributed by atoms with Crippen molar-refractivity contribution < 1.29 is 9.72 Å². The number of non-ortho nitro benzene ring substituents is 1. The average molecular weight is 338 g/mol. The highest BCUT2D eigenvalue weighted by molar-refractivity contribution is 6.09. The SMILES string of the molecule is CN1CCc2cn(Cc3ccc([N+](=O)[O-])cc3)c3c2C1C=C(N)C3=O. The summed E-state index contributed by atoms with van der Waals surface area (Å²) in [6.07, 6.45) is 4.75. The van der Waals surface area contributed by atoms with Crippen molar-refractivity contribution in [3.63, 3.8) is 0 Å². The third-order valence-electron chi connectivity index (χ3n) is 5.02. The number of ketones is 1. The minimum atomic E-state index is -0.419. The molecule has 0 bridgehead atoms. The van der Waals surface area contributed by atoms with Gasteiger partial charge in [-0.3, -0.25) is 19.8 Å². The van der Waals surface area contributed by atoms with Crippen LogP contribution in [0.3, 0.4) is 0 Å². The van der Waals surface area contributed by atoms with Gasteiger partial charge in [-0.25, -0.2) is 0 Å². The number of nitro benzene ring substituents is 1. The van der Waals surface area contributed by atoms with E-state index in [0.29, 0.717) is 12.2 Å². The molecule has 1 aromatic heterocycles. The quantitative estimate of drug-likeness (QED) is 0.682. The Morgan fingerprint density at radius 1 is 1.32 bits per heavy atom. The topological polar surface area (TPSA) is 94.4 Å². The Labute approximate surface area is 144 Å². The number of carbonyl (C=O) groups is 1. The van der Waals surface area contributed by atoms with Gasteiger partial charge in [0.1, 0.15) is 0 Å². The van der Waals surface area contributed by atoms with Gasteiger partial charge in [-0.15, -0.1) is 0 Å². The second-order valence-electron chi connectivity index (χ2n) is 6.59. The lowest BCUT2D eigenvalue weighted by atomic mass is 9.88. The molecule has 2 aromatic rings. The summed E-state index contributed by atoms with van der Waals surface area (Å²) in [5.41, 5.74) is 10.1. The molecule has 0 saturated carbocycles. The normalized spacial score (nSPS) is 19.5. The van der Waals surface area contributed by atoms with Crippen LogP contribution in [0.15, 0.2) is 42.2 Å². The molecule has 0 spiro atoms. The van der Waals surface area contributed by atoms with E-state index in [2.05, 4.69) is 4.90 Å². The van der Waals surface area contributed by atoms with Gasteiger partial charge in [-0.1, -0.05) is 12.1 Å². The monoisotopic (exact) mass is 338 g/mol. The van der Waals surface area contributed by atoms with Gasteiger partial charge in [0, 0.05) is 37.0 Å². The fourth-order valence-electron chi connectivity index (χ4n) is 3.70. The number of aromatic nitrogens is 1. The third kappa shape index (κ3) is 2.44. The van der Waals surface area contributed by atoms with Crippen molar-refractivity contribution in [1.82, 2.24) is 9.47 Å². The van der Waals surface area contributed by atoms with Crippen molar-refractivity contribution in [3.8, 4) is 0 Å². The van der Waals surface area contributed by atoms with Gasteiger partial charge in [-0.05, 0) is 30.7 Å². The first-order chi connectivity index (χ1) is 12.0. The molecule has 0 amide bonds. The highest BCUT2D eigenvalue weighted by Gasteiger charge is 2.36. The molecule has 0 fully saturated rings. The number of carbonyl (C=O) groups excluding carboxylic acids is 1. The molecule has 2 aliphatic rings. The summed E-state index contributed by atoms with van der Waals surface area (Å²) in [7, 11) is 2.03. The van der Waals surface area contributed by atoms with E-state index in [1.165, 1.54) is 17.7 Å². The Hall–Kier alpha value is -2.93. The maximum absolute atomic E-state index is 12.7. The van der Waals surface area contributed by atoms with E-state index in [1.54, 1.807) is 12.1 Å². The largest absolute Gasteiger partial charge is 0.396 e. The van der Waals surface area contributed by atoms with Gasteiger partial charge in [0.05, 0.1) is 22.4 Å². The third-order valence-corrected chi connectivity index (χ3v) is 5.02. The van der Waals surface area contributed by atoms with Crippen LogP contribution in [0.25, 0.3) is 0 Å². The zero-order valence-electron chi connectivity index (χ0n) is 13.8. The van der Waals surface area contributed by atoms with Crippen molar-refractivity contribution in [2.45, 2.75) is 19.0 Å². The molecular weight excluding hydrogens is 320 g/mol. The van der Waals surface area contributed by atoms with Crippen LogP contribution < -0.4 is 5.73 Å². The van der Waals surface area contributed by atoms with Crippen molar-refractivity contribution in [3.05, 3.63) is 74.7 Å². The van der Waals surface area contributed by atoms with Crippen LogP contribution in [-0.2, 0) is 13.0 Å². The Bertz CT molecular complexity index is 911. The number of likely N-dealkylation sites (N-methyl/N-ethyl adjacent to an activating group) is 1. The Morgan fingerprint density at radius 2 is 2.04 bits per heavy atom. The first-order valence-electron chi connectivity index (χ1n) is 8.13. The van der Waals surface area contributed by atoms with Gasteiger partial charge in [-0.2, -0.15) is 0 Å². The molecule has 128 valence electrons. The zero-order chi connectivity index (χ0) is 17.7. The molecule has 7 nitrogen and oxygen atoms in total. The van der Waals surface area contributed by atoms with Crippen LogP contribution in [0.2, 0.25) is 0 Å². The highest BCUT2D eigenvalue weighted by atomic mass is 16.6. The van der Waals surface area contributed by atoms with Crippen LogP contribution in [0, 0.1) is 10.1 Å². The van der Waals surface area contributed by atoms with Gasteiger partial charge < -0.3 is 10.3 Å². The van der Waals surface area contributed by atoms with E-state index < -0.39 is 4.92 Å². The standard InChI is InChI=1S/C18H18N4O3/c1-20-7-6-12-10-21(9-11-2-4-13(5-3-11)22(24)25)17-16(12)15(20)8-14(19)18(17)23/h2-5,8,10,15H,6-7,9,19H2,1H3. The number of hydrogen-bond donors (Lipinski definition) is 1. The van der Waals surface area contributed by atoms with Crippen molar-refractivity contribution in [2.24, 2.45) is 5.73 Å². The summed E-state index contributed by atoms with van der Waals surface area (Å²) in [5, 5.41) is 10.8. The molecule has 4 rings (SSSR count). The lowest BCUT2D eigenvalue weighted by Crippen LogP contribution is -2.35. The summed E-state index contributed by atoms with van der Waals surface area (Å²) in [6, 6.07) is 6.45. The molecule has 1 unspecified atom stereocenters. The van der Waals surface area contributed by atoms with Crippen LogP contribution in [0.4, 0.5) is 5.69 Å². The number of Topliss-reactive ketones (excluding diaryl/α,β-unsaturated/α-hetero) is 1. The lowest BCUT2D eigenvalue weighted by molar-refractivity contribution is -0.384. The van der Waals surface area contributed by atoms with Gasteiger partial charge in [0.25, 0.3) is 5.69 Å². The zero-order valence-corrected chi connectivity index (χ0v) is 13.8. The fraction of sp³-hybridized carbons (Fsp3) is 0.278. The number of nitrogens with two attached hydrogens (primary N) is 1. The summed E-state index contributed by atoms with van der Waals surface area (Å²) in [5.74, 6) is -0.144. The number of benzene rings is 1. The van der Waals surface area contributed by atoms with E-state index in [0.717, 1.165) is 24.1 Å². The minimum absolute atomic E-state index is 0.0366. The van der Waals surface area contributed by atoms with E-state index in [-0.39, 0.29) is 23.2 Å². The maximum atomic E-state index is 12.7. The summed E-state index contributed by atoms with van der Waals surface area (Å²) in [4.78, 5) is 25.2. The lowest BCUT2D eigenvalue weighted by Gasteiger charge is -2.33. The average Bonchev–Trinajstić information content (AvgIpc) is 2.95. The number of hydrogen-bond acceptors (Lipinski definition) is 5. The van der Waals surface area contributed by atoms with Crippen LogP contribution in [0.5, 0.6) is 0 Å². The highest BCUT2D eigenvalue weighted by Crippen LogP contribution is 2.38. The predicted molar refractivity (Wildman–Crippen MR) is 92.3 cm³/mol. The second kappa shape index (κ2) is 5.56. The number of nitrogens with zero attached hydrogens (tertiary/aromatic N) is 3. The van der Waals surface area contributed by atoms with E-state index >= 15 is 0 Å². The molecule has 7 heteroatoms. The first kappa shape index (κ1) is 15.6. The van der Waals surface area contributed by atoms with Crippen molar-refractivity contribution in [2.75, 3.05) is 13.6 Å². The molecule has 0 saturated heterocycles. The summed E-state index contributed by atoms with van der Waals surface area (Å²) in [6.45, 7) is 1.40. The molecule has 1 aliphatic carbocycles. The second-order valence-corrected chi connectivity index (χ2v) is 6.59. The summed E-state index contributed by atoms with van der Waals surface area (Å²) >= 11 is 0. The molecule has 1 atom stereocenters. The number of allylic oxidation sites excluding steroid dienone is 1. The Morgan fingerprint density at radius 3 is 2.72 bits per heavy atom. The molecule has 1 aliphatic heterocycles. The van der Waals surface area contributed by atoms with Crippen LogP contribution >= 0.6 is 0 Å². The molecule has 2 heterocycles. The fourth-order valence-corrected chi connectivity index (χ4v) is 3.70.